The fourth-order valence-electron chi connectivity index (χ4n) is 2.07. The van der Waals surface area contributed by atoms with Crippen LogP contribution in [-0.4, -0.2) is 11.1 Å². The smallest absolute Gasteiger partial charge is 0.328 e. The molecule has 78 valence electrons. The first-order valence-corrected chi connectivity index (χ1v) is 5.14. The Balaban J connectivity index is 2.06. The third kappa shape index (κ3) is 2.27. The normalized spacial score (nSPS) is 25.0. The molecule has 1 aliphatic rings. The Morgan fingerprint density at radius 3 is 2.67 bits per heavy atom. The van der Waals surface area contributed by atoms with Gasteiger partial charge in [-0.3, -0.25) is 0 Å². The molecular weight excluding hydrogens is 188 g/mol. The van der Waals surface area contributed by atoms with Crippen LogP contribution in [0.5, 0.6) is 0 Å². The zero-order valence-electron chi connectivity index (χ0n) is 8.68. The van der Waals surface area contributed by atoms with Gasteiger partial charge in [0.1, 0.15) is 0 Å². The molecule has 1 saturated carbocycles. The molecule has 2 atom stereocenters. The number of rotatable bonds is 3. The van der Waals surface area contributed by atoms with Crippen molar-refractivity contribution in [3.05, 3.63) is 47.5 Å². The van der Waals surface area contributed by atoms with Gasteiger partial charge in [-0.2, -0.15) is 0 Å². The van der Waals surface area contributed by atoms with Crippen molar-refractivity contribution in [2.45, 2.75) is 19.3 Å². The average molecular weight is 202 g/mol. The lowest BCUT2D eigenvalue weighted by Crippen LogP contribution is -1.92. The summed E-state index contributed by atoms with van der Waals surface area (Å²) < 4.78 is 0. The predicted octanol–water partition coefficient (Wildman–Crippen LogP) is 2.82. The monoisotopic (exact) mass is 202 g/mol. The third-order valence-electron chi connectivity index (χ3n) is 2.95. The van der Waals surface area contributed by atoms with Gasteiger partial charge in [-0.15, -0.1) is 0 Å². The van der Waals surface area contributed by atoms with Crippen LogP contribution in [0.1, 0.15) is 24.8 Å². The van der Waals surface area contributed by atoms with E-state index in [9.17, 15) is 4.79 Å². The van der Waals surface area contributed by atoms with Crippen LogP contribution in [0.3, 0.4) is 0 Å². The number of carboxylic acid groups (broad SMARTS) is 1. The number of hydrogen-bond acceptors (Lipinski definition) is 1. The third-order valence-corrected chi connectivity index (χ3v) is 2.95. The van der Waals surface area contributed by atoms with Crippen LogP contribution in [0.2, 0.25) is 0 Å². The minimum absolute atomic E-state index is 0.434. The highest BCUT2D eigenvalue weighted by Crippen LogP contribution is 2.51. The van der Waals surface area contributed by atoms with Crippen molar-refractivity contribution in [3.8, 4) is 0 Å². The maximum atomic E-state index is 10.5. The van der Waals surface area contributed by atoms with Crippen molar-refractivity contribution >= 4 is 5.97 Å². The average Bonchev–Trinajstić information content (AvgIpc) is 2.97. The number of aliphatic carboxylic acids is 1. The van der Waals surface area contributed by atoms with E-state index in [2.05, 4.69) is 12.1 Å². The molecular formula is C13H14O2. The van der Waals surface area contributed by atoms with Crippen LogP contribution in [0.25, 0.3) is 0 Å². The van der Waals surface area contributed by atoms with Crippen LogP contribution in [-0.2, 0) is 4.79 Å². The lowest BCUT2D eigenvalue weighted by molar-refractivity contribution is -0.131. The quantitative estimate of drug-likeness (QED) is 0.765. The number of carbonyl (C=O) groups is 1. The predicted molar refractivity (Wildman–Crippen MR) is 58.7 cm³/mol. The molecule has 2 heteroatoms. The molecule has 2 rings (SSSR count). The Bertz CT molecular complexity index is 392. The van der Waals surface area contributed by atoms with Crippen molar-refractivity contribution in [2.24, 2.45) is 5.92 Å². The largest absolute Gasteiger partial charge is 0.478 e. The van der Waals surface area contributed by atoms with Crippen LogP contribution >= 0.6 is 0 Å². The molecule has 0 aromatic heterocycles. The Labute approximate surface area is 89.2 Å². The van der Waals surface area contributed by atoms with Gasteiger partial charge in [0.15, 0.2) is 0 Å². The molecule has 0 saturated heterocycles. The van der Waals surface area contributed by atoms with Crippen LogP contribution in [0.4, 0.5) is 0 Å². The van der Waals surface area contributed by atoms with E-state index < -0.39 is 5.97 Å². The lowest BCUT2D eigenvalue weighted by atomic mass is 10.1. The van der Waals surface area contributed by atoms with Gasteiger partial charge >= 0.3 is 5.97 Å². The molecule has 0 spiro atoms. The van der Waals surface area contributed by atoms with Crippen LogP contribution in [0, 0.1) is 5.92 Å². The Morgan fingerprint density at radius 1 is 1.40 bits per heavy atom. The maximum absolute atomic E-state index is 10.5. The second-order valence-corrected chi connectivity index (χ2v) is 4.09. The van der Waals surface area contributed by atoms with E-state index in [0.717, 1.165) is 12.0 Å². The molecule has 0 aliphatic heterocycles. The van der Waals surface area contributed by atoms with Gasteiger partial charge < -0.3 is 5.11 Å². The number of hydrogen-bond donors (Lipinski definition) is 1. The van der Waals surface area contributed by atoms with E-state index in [0.29, 0.717) is 11.8 Å². The highest BCUT2D eigenvalue weighted by atomic mass is 16.4. The lowest BCUT2D eigenvalue weighted by Gasteiger charge is -1.99. The molecule has 0 radical (unpaired) electrons. The summed E-state index contributed by atoms with van der Waals surface area (Å²) in [5, 5.41) is 8.64. The molecule has 0 bridgehead atoms. The summed E-state index contributed by atoms with van der Waals surface area (Å²) in [5.41, 5.74) is 2.30. The van der Waals surface area contributed by atoms with E-state index in [1.54, 1.807) is 0 Å². The van der Waals surface area contributed by atoms with E-state index in [1.807, 2.05) is 25.1 Å². The Kier molecular flexibility index (Phi) is 2.58. The van der Waals surface area contributed by atoms with Crippen molar-refractivity contribution in [2.75, 3.05) is 0 Å². The summed E-state index contributed by atoms with van der Waals surface area (Å²) in [7, 11) is 0. The van der Waals surface area contributed by atoms with Crippen molar-refractivity contribution in [1.29, 1.82) is 0 Å². The van der Waals surface area contributed by atoms with Crippen molar-refractivity contribution in [3.63, 3.8) is 0 Å². The van der Waals surface area contributed by atoms with Gasteiger partial charge in [-0.1, -0.05) is 35.9 Å². The molecule has 2 nitrogen and oxygen atoms in total. The minimum atomic E-state index is -0.841. The molecule has 1 aliphatic carbocycles. The Hall–Kier alpha value is -1.57. The number of benzene rings is 1. The van der Waals surface area contributed by atoms with Crippen LogP contribution in [0.15, 0.2) is 42.0 Å². The first kappa shape index (κ1) is 9.97. The topological polar surface area (TPSA) is 37.3 Å². The van der Waals surface area contributed by atoms with E-state index in [1.165, 1.54) is 11.6 Å². The fourth-order valence-corrected chi connectivity index (χ4v) is 2.07. The Morgan fingerprint density at radius 2 is 2.07 bits per heavy atom. The zero-order valence-corrected chi connectivity index (χ0v) is 8.68. The summed E-state index contributed by atoms with van der Waals surface area (Å²) in [5.74, 6) is 0.122. The van der Waals surface area contributed by atoms with Gasteiger partial charge in [0.05, 0.1) is 0 Å². The van der Waals surface area contributed by atoms with Gasteiger partial charge in [-0.25, -0.2) is 4.79 Å². The van der Waals surface area contributed by atoms with Crippen molar-refractivity contribution < 1.29 is 9.90 Å². The summed E-state index contributed by atoms with van der Waals surface area (Å²) in [6.07, 6.45) is 2.41. The molecule has 0 heterocycles. The molecule has 1 N–H and O–H groups in total. The minimum Gasteiger partial charge on any atom is -0.478 e. The second kappa shape index (κ2) is 3.89. The molecule has 1 fully saturated rings. The second-order valence-electron chi connectivity index (χ2n) is 4.09. The first-order chi connectivity index (χ1) is 7.18. The summed E-state index contributed by atoms with van der Waals surface area (Å²) in [4.78, 5) is 10.5. The maximum Gasteiger partial charge on any atom is 0.328 e. The SMILES string of the molecule is C/C(=C\C(=O)O)[C@@H]1C[C@H]1c1ccccc1. The molecule has 15 heavy (non-hydrogen) atoms. The molecule has 1 aromatic rings. The number of carboxylic acids is 1. The summed E-state index contributed by atoms with van der Waals surface area (Å²) >= 11 is 0. The first-order valence-electron chi connectivity index (χ1n) is 5.14. The molecule has 0 amide bonds. The molecule has 0 unspecified atom stereocenters. The zero-order chi connectivity index (χ0) is 10.8. The fraction of sp³-hybridized carbons (Fsp3) is 0.308. The van der Waals surface area contributed by atoms with E-state index in [4.69, 9.17) is 5.11 Å². The van der Waals surface area contributed by atoms with E-state index >= 15 is 0 Å². The van der Waals surface area contributed by atoms with Gasteiger partial charge in [0, 0.05) is 6.08 Å². The van der Waals surface area contributed by atoms with E-state index in [-0.39, 0.29) is 0 Å². The summed E-state index contributed by atoms with van der Waals surface area (Å²) in [6.45, 7) is 1.90. The van der Waals surface area contributed by atoms with Crippen molar-refractivity contribution in [1.82, 2.24) is 0 Å². The highest BCUT2D eigenvalue weighted by molar-refractivity contribution is 5.80. The standard InChI is InChI=1S/C13H14O2/c1-9(7-13(14)15)11-8-12(11)10-5-3-2-4-6-10/h2-7,11-12H,8H2,1H3,(H,14,15)/b9-7+/t11-,12-/m0/s1. The molecule has 1 aromatic carbocycles. The summed E-state index contributed by atoms with van der Waals surface area (Å²) in [6, 6.07) is 10.3. The van der Waals surface area contributed by atoms with Crippen LogP contribution < -0.4 is 0 Å². The highest BCUT2D eigenvalue weighted by Gasteiger charge is 2.39. The number of allylic oxidation sites excluding steroid dienone is 1. The van der Waals surface area contributed by atoms with Gasteiger partial charge in [0.2, 0.25) is 0 Å². The van der Waals surface area contributed by atoms with Gasteiger partial charge in [-0.05, 0) is 30.7 Å². The van der Waals surface area contributed by atoms with Gasteiger partial charge in [0.25, 0.3) is 0 Å².